The molecule has 33 heavy (non-hydrogen) atoms. The maximum atomic E-state index is 9.30. The fourth-order valence-corrected chi connectivity index (χ4v) is 9.31. The Balaban J connectivity index is 1.65. The number of aromatic amines is 1. The van der Waals surface area contributed by atoms with E-state index >= 15 is 0 Å². The number of nitrogens with one attached hydrogen (secondary N) is 1. The van der Waals surface area contributed by atoms with Crippen LogP contribution in [0, 0.1) is 11.3 Å². The summed E-state index contributed by atoms with van der Waals surface area (Å²) in [5, 5.41) is 24.0. The summed E-state index contributed by atoms with van der Waals surface area (Å²) in [6.45, 7) is 0. The second-order valence-corrected chi connectivity index (χ2v) is 11.9. The van der Waals surface area contributed by atoms with Crippen LogP contribution in [0.3, 0.4) is 0 Å². The average Bonchev–Trinajstić information content (AvgIpc) is 3.38. The molecule has 0 aliphatic rings. The van der Waals surface area contributed by atoms with Gasteiger partial charge in [-0.1, -0.05) is 0 Å². The Hall–Kier alpha value is -4.06. The number of rotatable bonds is 6. The molecule has 1 N–H and O–H groups in total. The van der Waals surface area contributed by atoms with Gasteiger partial charge in [-0.25, -0.2) is 0 Å². The molecular formula is C28H23N4P. The molecule has 1 aromatic heterocycles. The first kappa shape index (κ1) is 20.8. The van der Waals surface area contributed by atoms with Crippen molar-refractivity contribution >= 4 is 23.2 Å². The van der Waals surface area contributed by atoms with E-state index in [1.54, 1.807) is 0 Å². The van der Waals surface area contributed by atoms with Crippen LogP contribution in [-0.2, 0) is 6.16 Å². The predicted molar refractivity (Wildman–Crippen MR) is 137 cm³/mol. The van der Waals surface area contributed by atoms with Crippen LogP contribution in [0.5, 0.6) is 0 Å². The van der Waals surface area contributed by atoms with Crippen molar-refractivity contribution in [2.75, 3.05) is 0 Å². The molecule has 0 aliphatic carbocycles. The van der Waals surface area contributed by atoms with Gasteiger partial charge in [0, 0.05) is 0 Å². The molecule has 0 saturated heterocycles. The van der Waals surface area contributed by atoms with Crippen molar-refractivity contribution in [2.45, 2.75) is 6.16 Å². The van der Waals surface area contributed by atoms with Crippen molar-refractivity contribution < 1.29 is 0 Å². The maximum absolute atomic E-state index is 9.30. The van der Waals surface area contributed by atoms with E-state index in [9.17, 15) is 5.26 Å². The first-order valence-electron chi connectivity index (χ1n) is 10.9. The van der Waals surface area contributed by atoms with Crippen molar-refractivity contribution in [1.82, 2.24) is 15.4 Å². The molecule has 1 heterocycles. The Morgan fingerprint density at radius 3 is 1.61 bits per heavy atom. The number of hydrogen-bond acceptors (Lipinski definition) is 3. The molecule has 0 radical (unpaired) electrons. The quantitative estimate of drug-likeness (QED) is 0.389. The minimum atomic E-state index is -2.35. The van der Waals surface area contributed by atoms with Gasteiger partial charge < -0.3 is 0 Å². The third-order valence-corrected chi connectivity index (χ3v) is 11.1. The fraction of sp³-hybridized carbons (Fsp3) is 0.0357. The van der Waals surface area contributed by atoms with E-state index in [-0.39, 0.29) is 0 Å². The third kappa shape index (κ3) is 3.96. The van der Waals surface area contributed by atoms with Crippen LogP contribution in [0.15, 0.2) is 115 Å². The summed E-state index contributed by atoms with van der Waals surface area (Å²) in [6, 6.07) is 43.2. The molecule has 160 valence electrons. The summed E-state index contributed by atoms with van der Waals surface area (Å²) in [6.07, 6.45) is 0.926. The number of benzene rings is 4. The number of hydrogen-bond donors (Lipinski definition) is 1. The molecule has 4 aromatic carbocycles. The monoisotopic (exact) mass is 446 g/mol. The third-order valence-electron chi connectivity index (χ3n) is 6.16. The van der Waals surface area contributed by atoms with Gasteiger partial charge in [-0.2, -0.15) is 0 Å². The molecule has 0 aliphatic heterocycles. The number of aromatic nitrogens is 3. The van der Waals surface area contributed by atoms with Crippen LogP contribution in [0.1, 0.15) is 11.3 Å². The van der Waals surface area contributed by atoms with Crippen LogP contribution in [0.25, 0.3) is 11.3 Å². The van der Waals surface area contributed by atoms with Crippen molar-refractivity contribution in [3.63, 3.8) is 0 Å². The minimum absolute atomic E-state index is 0.379. The van der Waals surface area contributed by atoms with E-state index in [4.69, 9.17) is 0 Å². The van der Waals surface area contributed by atoms with Gasteiger partial charge in [-0.3, -0.25) is 0 Å². The Bertz CT molecular complexity index is 1280. The van der Waals surface area contributed by atoms with Crippen LogP contribution in [0.2, 0.25) is 0 Å². The molecule has 0 unspecified atom stereocenters. The topological polar surface area (TPSA) is 65.4 Å². The van der Waals surface area contributed by atoms with Gasteiger partial charge in [0.05, 0.1) is 0 Å². The summed E-state index contributed by atoms with van der Waals surface area (Å²) >= 11 is 0. The van der Waals surface area contributed by atoms with Gasteiger partial charge in [-0.05, 0) is 0 Å². The van der Waals surface area contributed by atoms with Crippen molar-refractivity contribution in [3.05, 3.63) is 127 Å². The molecule has 5 rings (SSSR count). The Labute approximate surface area is 193 Å². The van der Waals surface area contributed by atoms with E-state index in [0.717, 1.165) is 11.7 Å². The van der Waals surface area contributed by atoms with Crippen molar-refractivity contribution in [3.8, 4) is 17.3 Å². The Morgan fingerprint density at radius 1 is 0.667 bits per heavy atom. The summed E-state index contributed by atoms with van der Waals surface area (Å²) in [7, 11) is -2.35. The number of nitrogens with zero attached hydrogens (tertiary/aromatic N) is 3. The first-order chi connectivity index (χ1) is 16.3. The summed E-state index contributed by atoms with van der Waals surface area (Å²) < 4.78 is 0. The summed E-state index contributed by atoms with van der Waals surface area (Å²) in [5.74, 6) is 0. The molecule has 0 saturated carbocycles. The Morgan fingerprint density at radius 2 is 1.15 bits per heavy atom. The molecule has 0 bridgehead atoms. The molecule has 0 amide bonds. The van der Waals surface area contributed by atoms with Gasteiger partial charge in [0.15, 0.2) is 0 Å². The van der Waals surface area contributed by atoms with Gasteiger partial charge >= 0.3 is 194 Å². The van der Waals surface area contributed by atoms with Gasteiger partial charge in [0.25, 0.3) is 0 Å². The molecule has 5 heteroatoms. The van der Waals surface area contributed by atoms with Crippen LogP contribution >= 0.6 is 7.26 Å². The zero-order valence-electron chi connectivity index (χ0n) is 18.0. The fourth-order valence-electron chi connectivity index (χ4n) is 4.57. The SMILES string of the molecule is N#Cc1[nH]nnc1-c1ccc(C[PH](c2ccccc2)(c2ccccc2)c2ccccc2)cc1. The van der Waals surface area contributed by atoms with E-state index in [0.29, 0.717) is 11.4 Å². The van der Waals surface area contributed by atoms with Crippen molar-refractivity contribution in [1.29, 1.82) is 5.26 Å². The zero-order chi connectivity index (χ0) is 22.5. The summed E-state index contributed by atoms with van der Waals surface area (Å²) in [5.41, 5.74) is 3.10. The zero-order valence-corrected chi connectivity index (χ0v) is 19.0. The van der Waals surface area contributed by atoms with E-state index < -0.39 is 7.26 Å². The summed E-state index contributed by atoms with van der Waals surface area (Å²) in [4.78, 5) is 0. The standard InChI is InChI=1S/C28H23N4P/c29-20-27-28(31-32-30-27)23-18-16-22(17-19-23)21-33(24-10-4-1-5-11-24,25-12-6-2-7-13-25)26-14-8-3-9-15-26/h1-19,33H,21H2,(H,30,31,32). The van der Waals surface area contributed by atoms with Crippen LogP contribution in [-0.4, -0.2) is 15.4 Å². The molecule has 0 spiro atoms. The van der Waals surface area contributed by atoms with Gasteiger partial charge in [-0.15, -0.1) is 0 Å². The van der Waals surface area contributed by atoms with Gasteiger partial charge in [0.2, 0.25) is 0 Å². The number of H-pyrrole nitrogens is 1. The predicted octanol–water partition coefficient (Wildman–Crippen LogP) is 4.57. The van der Waals surface area contributed by atoms with Gasteiger partial charge in [0.1, 0.15) is 0 Å². The first-order valence-corrected chi connectivity index (χ1v) is 13.1. The Kier molecular flexibility index (Phi) is 5.81. The van der Waals surface area contributed by atoms with Crippen LogP contribution in [0.4, 0.5) is 0 Å². The van der Waals surface area contributed by atoms with E-state index in [1.165, 1.54) is 21.5 Å². The average molecular weight is 446 g/mol. The second-order valence-electron chi connectivity index (χ2n) is 8.02. The van der Waals surface area contributed by atoms with Crippen molar-refractivity contribution in [2.24, 2.45) is 0 Å². The molecular weight excluding hydrogens is 423 g/mol. The second kappa shape index (κ2) is 9.20. The normalized spacial score (nSPS) is 11.6. The molecule has 5 aromatic rings. The molecule has 4 nitrogen and oxygen atoms in total. The van der Waals surface area contributed by atoms with E-state index in [2.05, 4.69) is 125 Å². The van der Waals surface area contributed by atoms with E-state index in [1.807, 2.05) is 12.1 Å². The number of nitriles is 1. The van der Waals surface area contributed by atoms with Crippen LogP contribution < -0.4 is 15.9 Å². The molecule has 0 fully saturated rings. The molecule has 0 atom stereocenters.